The van der Waals surface area contributed by atoms with Crippen molar-refractivity contribution in [3.05, 3.63) is 28.7 Å². The number of rotatable bonds is 2. The summed E-state index contributed by atoms with van der Waals surface area (Å²) in [5.74, 6) is 0.775. The van der Waals surface area contributed by atoms with Crippen molar-refractivity contribution in [1.82, 2.24) is 15.2 Å². The van der Waals surface area contributed by atoms with Crippen LogP contribution in [0.1, 0.15) is 18.9 Å². The first-order valence-electron chi connectivity index (χ1n) is 4.38. The zero-order valence-electron chi connectivity index (χ0n) is 8.01. The minimum absolute atomic E-state index is 0.270. The van der Waals surface area contributed by atoms with Crippen LogP contribution in [0, 0.1) is 0 Å². The molecule has 0 aliphatic heterocycles. The zero-order chi connectivity index (χ0) is 10.8. The predicted molar refractivity (Wildman–Crippen MR) is 57.8 cm³/mol. The van der Waals surface area contributed by atoms with Gasteiger partial charge in [0.05, 0.1) is 6.04 Å². The van der Waals surface area contributed by atoms with Crippen LogP contribution in [-0.2, 0) is 0 Å². The molecule has 1 atom stereocenters. The summed E-state index contributed by atoms with van der Waals surface area (Å²) in [4.78, 5) is 4.14. The van der Waals surface area contributed by atoms with Gasteiger partial charge in [-0.1, -0.05) is 0 Å². The standard InChI is InChI=1S/C9H9BrN4O/c1-5(11)8-13-14-9(15-8)7-6(10)3-2-4-12-7/h2-5H,11H2,1H3. The summed E-state index contributed by atoms with van der Waals surface area (Å²) < 4.78 is 6.18. The summed E-state index contributed by atoms with van der Waals surface area (Å²) in [6.45, 7) is 1.78. The lowest BCUT2D eigenvalue weighted by molar-refractivity contribution is 0.472. The normalized spacial score (nSPS) is 12.7. The van der Waals surface area contributed by atoms with Crippen molar-refractivity contribution in [3.8, 4) is 11.6 Å². The Hall–Kier alpha value is -1.27. The maximum absolute atomic E-state index is 5.61. The summed E-state index contributed by atoms with van der Waals surface area (Å²) in [6, 6.07) is 3.41. The van der Waals surface area contributed by atoms with Crippen LogP contribution >= 0.6 is 15.9 Å². The van der Waals surface area contributed by atoms with Crippen LogP contribution in [0.2, 0.25) is 0 Å². The van der Waals surface area contributed by atoms with Gasteiger partial charge in [0.2, 0.25) is 5.89 Å². The minimum Gasteiger partial charge on any atom is -0.418 e. The molecule has 15 heavy (non-hydrogen) atoms. The summed E-state index contributed by atoms with van der Waals surface area (Å²) in [5.41, 5.74) is 6.24. The number of pyridine rings is 1. The predicted octanol–water partition coefficient (Wildman–Crippen LogP) is 1.91. The van der Waals surface area contributed by atoms with E-state index in [0.29, 0.717) is 17.5 Å². The number of nitrogens with zero attached hydrogens (tertiary/aromatic N) is 3. The highest BCUT2D eigenvalue weighted by atomic mass is 79.9. The number of halogens is 1. The molecule has 2 aromatic heterocycles. The highest BCUT2D eigenvalue weighted by Gasteiger charge is 2.14. The van der Waals surface area contributed by atoms with E-state index in [1.54, 1.807) is 13.1 Å². The van der Waals surface area contributed by atoms with Crippen LogP contribution in [0.25, 0.3) is 11.6 Å². The molecule has 5 nitrogen and oxygen atoms in total. The van der Waals surface area contributed by atoms with Crippen molar-refractivity contribution in [3.63, 3.8) is 0 Å². The number of nitrogens with two attached hydrogens (primary N) is 1. The van der Waals surface area contributed by atoms with Crippen LogP contribution in [0.5, 0.6) is 0 Å². The van der Waals surface area contributed by atoms with E-state index in [9.17, 15) is 0 Å². The highest BCUT2D eigenvalue weighted by Crippen LogP contribution is 2.25. The topological polar surface area (TPSA) is 77.8 Å². The smallest absolute Gasteiger partial charge is 0.267 e. The maximum atomic E-state index is 5.61. The van der Waals surface area contributed by atoms with Gasteiger partial charge in [-0.3, -0.25) is 0 Å². The monoisotopic (exact) mass is 268 g/mol. The fraction of sp³-hybridized carbons (Fsp3) is 0.222. The molecule has 0 aliphatic rings. The Bertz CT molecular complexity index is 469. The van der Waals surface area contributed by atoms with E-state index in [-0.39, 0.29) is 6.04 Å². The lowest BCUT2D eigenvalue weighted by Gasteiger charge is -1.97. The Morgan fingerprint density at radius 1 is 1.47 bits per heavy atom. The van der Waals surface area contributed by atoms with Crippen LogP contribution in [0.15, 0.2) is 27.2 Å². The summed E-state index contributed by atoms with van der Waals surface area (Å²) in [6.07, 6.45) is 1.66. The van der Waals surface area contributed by atoms with Crippen LogP contribution in [0.4, 0.5) is 0 Å². The fourth-order valence-corrected chi connectivity index (χ4v) is 1.48. The van der Waals surface area contributed by atoms with E-state index >= 15 is 0 Å². The molecule has 78 valence electrons. The molecule has 2 heterocycles. The number of hydrogen-bond acceptors (Lipinski definition) is 5. The van der Waals surface area contributed by atoms with Gasteiger partial charge in [0.15, 0.2) is 0 Å². The molecule has 0 aliphatic carbocycles. The van der Waals surface area contributed by atoms with Crippen molar-refractivity contribution >= 4 is 15.9 Å². The van der Waals surface area contributed by atoms with E-state index in [1.807, 2.05) is 12.1 Å². The van der Waals surface area contributed by atoms with Crippen LogP contribution in [-0.4, -0.2) is 15.2 Å². The quantitative estimate of drug-likeness (QED) is 0.901. The molecule has 0 saturated heterocycles. The maximum Gasteiger partial charge on any atom is 0.267 e. The van der Waals surface area contributed by atoms with Gasteiger partial charge in [-0.25, -0.2) is 4.98 Å². The molecule has 0 radical (unpaired) electrons. The zero-order valence-corrected chi connectivity index (χ0v) is 9.60. The van der Waals surface area contributed by atoms with Gasteiger partial charge in [0.25, 0.3) is 5.89 Å². The third kappa shape index (κ3) is 2.05. The average Bonchev–Trinajstić information content (AvgIpc) is 2.67. The van der Waals surface area contributed by atoms with Crippen molar-refractivity contribution in [2.45, 2.75) is 13.0 Å². The molecule has 0 spiro atoms. The fourth-order valence-electron chi connectivity index (χ4n) is 1.06. The Labute approximate surface area is 94.8 Å². The van der Waals surface area contributed by atoms with E-state index in [2.05, 4.69) is 31.1 Å². The van der Waals surface area contributed by atoms with Crippen molar-refractivity contribution in [2.24, 2.45) is 5.73 Å². The van der Waals surface area contributed by atoms with Gasteiger partial charge < -0.3 is 10.2 Å². The first-order valence-corrected chi connectivity index (χ1v) is 5.17. The van der Waals surface area contributed by atoms with E-state index in [1.165, 1.54) is 0 Å². The largest absolute Gasteiger partial charge is 0.418 e. The molecule has 0 saturated carbocycles. The van der Waals surface area contributed by atoms with Gasteiger partial charge in [-0.15, -0.1) is 10.2 Å². The molecule has 0 bridgehead atoms. The summed E-state index contributed by atoms with van der Waals surface area (Å²) in [7, 11) is 0. The number of aromatic nitrogens is 3. The molecular weight excluding hydrogens is 260 g/mol. The van der Waals surface area contributed by atoms with Gasteiger partial charge in [0, 0.05) is 10.7 Å². The van der Waals surface area contributed by atoms with Crippen LogP contribution in [0.3, 0.4) is 0 Å². The van der Waals surface area contributed by atoms with Gasteiger partial charge in [-0.05, 0) is 35.0 Å². The summed E-state index contributed by atoms with van der Waals surface area (Å²) in [5, 5.41) is 7.71. The van der Waals surface area contributed by atoms with E-state index < -0.39 is 0 Å². The van der Waals surface area contributed by atoms with E-state index in [4.69, 9.17) is 10.2 Å². The van der Waals surface area contributed by atoms with Crippen molar-refractivity contribution in [1.29, 1.82) is 0 Å². The summed E-state index contributed by atoms with van der Waals surface area (Å²) >= 11 is 3.36. The van der Waals surface area contributed by atoms with Gasteiger partial charge >= 0.3 is 0 Å². The third-order valence-corrected chi connectivity index (χ3v) is 2.43. The SMILES string of the molecule is CC(N)c1nnc(-c2ncccc2Br)o1. The molecule has 1 unspecified atom stereocenters. The lowest BCUT2D eigenvalue weighted by atomic mass is 10.3. The molecule has 2 N–H and O–H groups in total. The third-order valence-electron chi connectivity index (χ3n) is 1.79. The first-order chi connectivity index (χ1) is 7.18. The molecule has 0 amide bonds. The molecular formula is C9H9BrN4O. The molecule has 0 aromatic carbocycles. The second-order valence-corrected chi connectivity index (χ2v) is 3.92. The molecule has 0 fully saturated rings. The molecule has 2 rings (SSSR count). The Kier molecular flexibility index (Phi) is 2.79. The average molecular weight is 269 g/mol. The van der Waals surface area contributed by atoms with Gasteiger partial charge in [0.1, 0.15) is 5.69 Å². The van der Waals surface area contributed by atoms with Gasteiger partial charge in [-0.2, -0.15) is 0 Å². The van der Waals surface area contributed by atoms with Crippen LogP contribution < -0.4 is 5.73 Å². The lowest BCUT2D eigenvalue weighted by Crippen LogP contribution is -2.04. The molecule has 2 aromatic rings. The Morgan fingerprint density at radius 3 is 2.87 bits per heavy atom. The highest BCUT2D eigenvalue weighted by molar-refractivity contribution is 9.10. The second-order valence-electron chi connectivity index (χ2n) is 3.07. The number of hydrogen-bond donors (Lipinski definition) is 1. The Morgan fingerprint density at radius 2 is 2.27 bits per heavy atom. The first kappa shape index (κ1) is 10.3. The van der Waals surface area contributed by atoms with Crippen molar-refractivity contribution < 1.29 is 4.42 Å². The second kappa shape index (κ2) is 4.08. The molecule has 6 heteroatoms. The Balaban J connectivity index is 2.42. The minimum atomic E-state index is -0.270. The van der Waals surface area contributed by atoms with Crippen molar-refractivity contribution in [2.75, 3.05) is 0 Å². The van der Waals surface area contributed by atoms with E-state index in [0.717, 1.165) is 4.47 Å².